The molecule has 3 N–H and O–H groups in total. The van der Waals surface area contributed by atoms with E-state index in [0.717, 1.165) is 17.0 Å². The second-order valence-electron chi connectivity index (χ2n) is 8.77. The van der Waals surface area contributed by atoms with E-state index in [2.05, 4.69) is 4.99 Å². The van der Waals surface area contributed by atoms with Crippen LogP contribution in [-0.4, -0.2) is 40.2 Å². The van der Waals surface area contributed by atoms with E-state index in [4.69, 9.17) is 15.6 Å². The van der Waals surface area contributed by atoms with Gasteiger partial charge in [0.1, 0.15) is 17.6 Å². The Kier molecular flexibility index (Phi) is 4.70. The lowest BCUT2D eigenvalue weighted by molar-refractivity contribution is -0.750. The molecule has 0 saturated heterocycles. The third-order valence-corrected chi connectivity index (χ3v) is 6.32. The minimum atomic E-state index is -0.676. The molecule has 1 aliphatic carbocycles. The minimum absolute atomic E-state index is 0.105. The molecule has 0 amide bonds. The summed E-state index contributed by atoms with van der Waals surface area (Å²) in [5.41, 5.74) is 2.80. The second-order valence-corrected chi connectivity index (χ2v) is 8.77. The van der Waals surface area contributed by atoms with Crippen LogP contribution in [0.3, 0.4) is 0 Å². The van der Waals surface area contributed by atoms with Gasteiger partial charge in [0.25, 0.3) is 5.84 Å². The van der Waals surface area contributed by atoms with Crippen molar-refractivity contribution in [2.45, 2.75) is 25.4 Å². The van der Waals surface area contributed by atoms with Gasteiger partial charge < -0.3 is 9.84 Å². The summed E-state index contributed by atoms with van der Waals surface area (Å²) in [4.78, 5) is 22.2. The molecule has 2 aliphatic heterocycles. The topological polar surface area (TPSA) is 97.3 Å². The number of ketones is 1. The Morgan fingerprint density at radius 3 is 2.66 bits per heavy atom. The van der Waals surface area contributed by atoms with E-state index < -0.39 is 5.60 Å². The number of hydrogen-bond acceptors (Lipinski definition) is 6. The number of methoxy groups -OCH3 is 1. The molecule has 1 fully saturated rings. The number of carbonyl (C=O) groups is 1. The summed E-state index contributed by atoms with van der Waals surface area (Å²) in [6.07, 6.45) is 6.45. The van der Waals surface area contributed by atoms with Gasteiger partial charge in [0.15, 0.2) is 5.78 Å². The Hall–Kier alpha value is -3.39. The first-order valence-electron chi connectivity index (χ1n) is 10.6. The van der Waals surface area contributed by atoms with Crippen LogP contribution in [0.5, 0.6) is 5.75 Å². The third-order valence-electron chi connectivity index (χ3n) is 6.32. The fourth-order valence-corrected chi connectivity index (χ4v) is 4.66. The summed E-state index contributed by atoms with van der Waals surface area (Å²) in [7, 11) is 1.54. The zero-order valence-corrected chi connectivity index (χ0v) is 18.0. The molecule has 32 heavy (non-hydrogen) atoms. The number of allylic oxidation sites excluding steroid dienone is 2. The first kappa shape index (κ1) is 20.5. The molecule has 0 radical (unpaired) electrons. The number of aliphatic imine (C=N–C) groups is 2. The Morgan fingerprint density at radius 1 is 1.22 bits per heavy atom. The van der Waals surface area contributed by atoms with E-state index in [1.807, 2.05) is 31.2 Å². The lowest BCUT2D eigenvalue weighted by atomic mass is 9.70. The van der Waals surface area contributed by atoms with Gasteiger partial charge >= 0.3 is 0 Å². The number of rotatable bonds is 5. The van der Waals surface area contributed by atoms with Gasteiger partial charge in [-0.2, -0.15) is 10.8 Å². The highest BCUT2D eigenvalue weighted by atomic mass is 16.5. The van der Waals surface area contributed by atoms with E-state index >= 15 is 0 Å². The van der Waals surface area contributed by atoms with E-state index in [1.54, 1.807) is 50.0 Å². The van der Waals surface area contributed by atoms with E-state index in [1.165, 1.54) is 0 Å². The Bertz CT molecular complexity index is 1220. The van der Waals surface area contributed by atoms with Crippen molar-refractivity contribution in [3.8, 4) is 5.75 Å². The molecule has 162 valence electrons. The van der Waals surface area contributed by atoms with Crippen LogP contribution in [0, 0.1) is 5.92 Å². The fraction of sp³-hybridized carbons (Fsp3) is 0.240. The number of hydrogen-bond donors (Lipinski definition) is 2. The van der Waals surface area contributed by atoms with Gasteiger partial charge in [0.05, 0.1) is 36.3 Å². The van der Waals surface area contributed by atoms with Crippen molar-refractivity contribution in [1.29, 1.82) is 0 Å². The van der Waals surface area contributed by atoms with Crippen molar-refractivity contribution >= 4 is 17.8 Å². The van der Waals surface area contributed by atoms with Crippen LogP contribution in [0.1, 0.15) is 41.3 Å². The minimum Gasteiger partial charge on any atom is -0.496 e. The predicted molar refractivity (Wildman–Crippen MR) is 122 cm³/mol. The molecule has 0 bridgehead atoms. The number of amidine groups is 1. The standard InChI is InChI=1S/C25H25N4O3/c1-25(31)13-18(14-25)22-20-15-27-10-11-29(20,26)24(28-22)17-8-9-19(21(12-17)32-2)23(30)16-6-4-3-5-7-16/h3-12,15,18,31H,13-14,26H2,1-2H3/q+1. The van der Waals surface area contributed by atoms with Crippen molar-refractivity contribution < 1.29 is 19.2 Å². The summed E-state index contributed by atoms with van der Waals surface area (Å²) < 4.78 is 5.47. The Morgan fingerprint density at radius 2 is 1.97 bits per heavy atom. The molecule has 1 atom stereocenters. The lowest BCUT2D eigenvalue weighted by Crippen LogP contribution is -2.53. The first-order chi connectivity index (χ1) is 15.3. The van der Waals surface area contributed by atoms with Gasteiger partial charge in [-0.1, -0.05) is 30.3 Å². The number of quaternary nitrogens is 1. The molecule has 0 aromatic heterocycles. The van der Waals surface area contributed by atoms with Crippen LogP contribution in [0.15, 0.2) is 82.3 Å². The van der Waals surface area contributed by atoms with E-state index in [-0.39, 0.29) is 16.3 Å². The molecule has 0 spiro atoms. The van der Waals surface area contributed by atoms with Gasteiger partial charge in [0.2, 0.25) is 5.70 Å². The van der Waals surface area contributed by atoms with Crippen LogP contribution < -0.4 is 10.6 Å². The molecule has 3 aliphatic rings. The summed E-state index contributed by atoms with van der Waals surface area (Å²) >= 11 is 0. The highest BCUT2D eigenvalue weighted by molar-refractivity contribution is 6.11. The zero-order valence-electron chi connectivity index (χ0n) is 18.0. The molecule has 5 rings (SSSR count). The van der Waals surface area contributed by atoms with Crippen LogP contribution >= 0.6 is 0 Å². The molecule has 7 nitrogen and oxygen atoms in total. The maximum Gasteiger partial charge on any atom is 0.265 e. The number of aliphatic hydroxyl groups is 1. The van der Waals surface area contributed by atoms with Crippen LogP contribution in [0.25, 0.3) is 0 Å². The molecule has 1 unspecified atom stereocenters. The molecule has 7 heteroatoms. The highest BCUT2D eigenvalue weighted by Crippen LogP contribution is 2.46. The molecule has 1 saturated carbocycles. The summed E-state index contributed by atoms with van der Waals surface area (Å²) in [6, 6.07) is 14.5. The highest BCUT2D eigenvalue weighted by Gasteiger charge is 2.50. The largest absolute Gasteiger partial charge is 0.496 e. The average Bonchev–Trinajstić information content (AvgIpc) is 3.09. The van der Waals surface area contributed by atoms with Gasteiger partial charge in [-0.25, -0.2) is 0 Å². The quantitative estimate of drug-likeness (QED) is 0.433. The molecular weight excluding hydrogens is 404 g/mol. The van der Waals surface area contributed by atoms with Crippen molar-refractivity contribution in [2.24, 2.45) is 21.7 Å². The van der Waals surface area contributed by atoms with Gasteiger partial charge in [-0.05, 0) is 38.0 Å². The summed E-state index contributed by atoms with van der Waals surface area (Å²) in [5, 5.41) is 10.2. The molecule has 2 aromatic carbocycles. The van der Waals surface area contributed by atoms with E-state index in [9.17, 15) is 9.90 Å². The van der Waals surface area contributed by atoms with Gasteiger partial charge in [-0.15, -0.1) is 4.59 Å². The summed E-state index contributed by atoms with van der Waals surface area (Å²) in [5.74, 6) is 7.89. The van der Waals surface area contributed by atoms with Gasteiger partial charge in [-0.3, -0.25) is 9.79 Å². The molecule has 2 aromatic rings. The number of fused-ring (bicyclic) bond motifs is 1. The Balaban J connectivity index is 1.54. The van der Waals surface area contributed by atoms with Crippen molar-refractivity contribution in [1.82, 2.24) is 0 Å². The number of carbonyl (C=O) groups excluding carboxylic acids is 1. The third kappa shape index (κ3) is 3.22. The summed E-state index contributed by atoms with van der Waals surface area (Å²) in [6.45, 7) is 1.83. The average molecular weight is 430 g/mol. The Labute approximate surface area is 186 Å². The van der Waals surface area contributed by atoms with Gasteiger partial charge in [0, 0.05) is 11.5 Å². The first-order valence-corrected chi connectivity index (χ1v) is 10.6. The number of nitrogens with two attached hydrogens (primary N) is 1. The SMILES string of the molecule is COc1cc(C2=NC(C3CC(C)(O)C3)=C3C=NC=C[N+]23N)ccc1C(=O)c1ccccc1. The van der Waals surface area contributed by atoms with Crippen molar-refractivity contribution in [2.75, 3.05) is 7.11 Å². The number of benzene rings is 2. The zero-order chi connectivity index (χ0) is 22.5. The number of ether oxygens (including phenoxy) is 1. The van der Waals surface area contributed by atoms with Crippen molar-refractivity contribution in [3.05, 3.63) is 89.0 Å². The maximum absolute atomic E-state index is 13.0. The fourth-order valence-electron chi connectivity index (χ4n) is 4.66. The van der Waals surface area contributed by atoms with E-state index in [0.29, 0.717) is 35.6 Å². The maximum atomic E-state index is 13.0. The molecule has 2 heterocycles. The van der Waals surface area contributed by atoms with Crippen LogP contribution in [0.4, 0.5) is 0 Å². The lowest BCUT2D eigenvalue weighted by Gasteiger charge is -2.40. The number of nitrogens with zero attached hydrogens (tertiary/aromatic N) is 3. The second kappa shape index (κ2) is 7.34. The normalized spacial score (nSPS) is 28.2. The monoisotopic (exact) mass is 429 g/mol. The van der Waals surface area contributed by atoms with Crippen molar-refractivity contribution in [3.63, 3.8) is 0 Å². The van der Waals surface area contributed by atoms with Crippen LogP contribution in [0.2, 0.25) is 0 Å². The predicted octanol–water partition coefficient (Wildman–Crippen LogP) is 3.31. The van der Waals surface area contributed by atoms with Crippen LogP contribution in [-0.2, 0) is 0 Å². The smallest absolute Gasteiger partial charge is 0.265 e. The molecular formula is C25H25N4O3+.